The molecule has 0 aliphatic rings. The summed E-state index contributed by atoms with van der Waals surface area (Å²) in [4.78, 5) is 24.1. The average molecular weight is 340 g/mol. The van der Waals surface area contributed by atoms with Crippen LogP contribution in [0, 0.1) is 6.92 Å². The highest BCUT2D eigenvalue weighted by molar-refractivity contribution is 6.39. The SMILES string of the molecule is Cc1ccccc1[C@H](O)CNC(=O)C(=O)Nc1ccccc1C(C)C. The molecule has 0 spiro atoms. The van der Waals surface area contributed by atoms with Crippen molar-refractivity contribution < 1.29 is 14.7 Å². The minimum Gasteiger partial charge on any atom is -0.387 e. The molecule has 0 unspecified atom stereocenters. The predicted molar refractivity (Wildman–Crippen MR) is 98.3 cm³/mol. The average Bonchev–Trinajstić information content (AvgIpc) is 2.60. The third-order valence-corrected chi connectivity index (χ3v) is 4.04. The quantitative estimate of drug-likeness (QED) is 0.732. The normalized spacial score (nSPS) is 11.9. The first kappa shape index (κ1) is 18.7. The van der Waals surface area contributed by atoms with Crippen LogP contribution in [0.25, 0.3) is 0 Å². The highest BCUT2D eigenvalue weighted by Crippen LogP contribution is 2.23. The molecule has 132 valence electrons. The third-order valence-electron chi connectivity index (χ3n) is 4.04. The van der Waals surface area contributed by atoms with Crippen LogP contribution in [0.1, 0.15) is 42.6 Å². The van der Waals surface area contributed by atoms with E-state index in [1.54, 1.807) is 18.2 Å². The summed E-state index contributed by atoms with van der Waals surface area (Å²) < 4.78 is 0. The lowest BCUT2D eigenvalue weighted by Gasteiger charge is -2.15. The maximum absolute atomic E-state index is 12.1. The lowest BCUT2D eigenvalue weighted by molar-refractivity contribution is -0.136. The summed E-state index contributed by atoms with van der Waals surface area (Å²) in [5, 5.41) is 15.3. The third kappa shape index (κ3) is 4.90. The van der Waals surface area contributed by atoms with Crippen molar-refractivity contribution in [3.05, 3.63) is 65.2 Å². The molecule has 1 atom stereocenters. The molecule has 2 aromatic carbocycles. The van der Waals surface area contributed by atoms with Gasteiger partial charge in [-0.25, -0.2) is 0 Å². The van der Waals surface area contributed by atoms with Crippen LogP contribution in [0.15, 0.2) is 48.5 Å². The summed E-state index contributed by atoms with van der Waals surface area (Å²) in [6.45, 7) is 5.89. The van der Waals surface area contributed by atoms with Crippen molar-refractivity contribution in [2.24, 2.45) is 0 Å². The number of rotatable bonds is 5. The van der Waals surface area contributed by atoms with Gasteiger partial charge in [0.15, 0.2) is 0 Å². The molecule has 2 aromatic rings. The van der Waals surface area contributed by atoms with Gasteiger partial charge in [0.2, 0.25) is 0 Å². The molecule has 0 radical (unpaired) electrons. The topological polar surface area (TPSA) is 78.4 Å². The number of carbonyl (C=O) groups is 2. The Labute approximate surface area is 148 Å². The molecule has 0 fully saturated rings. The number of aliphatic hydroxyl groups is 1. The Morgan fingerprint density at radius 2 is 1.56 bits per heavy atom. The number of aliphatic hydroxyl groups excluding tert-OH is 1. The lowest BCUT2D eigenvalue weighted by Crippen LogP contribution is -2.37. The number of nitrogens with one attached hydrogen (secondary N) is 2. The number of benzene rings is 2. The van der Waals surface area contributed by atoms with Gasteiger partial charge in [-0.15, -0.1) is 0 Å². The Kier molecular flexibility index (Phi) is 6.31. The van der Waals surface area contributed by atoms with E-state index in [4.69, 9.17) is 0 Å². The second kappa shape index (κ2) is 8.44. The number of anilines is 1. The van der Waals surface area contributed by atoms with E-state index < -0.39 is 17.9 Å². The number of carbonyl (C=O) groups excluding carboxylic acids is 2. The molecular formula is C20H24N2O3. The van der Waals surface area contributed by atoms with E-state index >= 15 is 0 Å². The van der Waals surface area contributed by atoms with Crippen LogP contribution in [-0.4, -0.2) is 23.5 Å². The molecule has 25 heavy (non-hydrogen) atoms. The van der Waals surface area contributed by atoms with Gasteiger partial charge in [-0.1, -0.05) is 56.3 Å². The highest BCUT2D eigenvalue weighted by atomic mass is 16.3. The van der Waals surface area contributed by atoms with Crippen molar-refractivity contribution in [3.8, 4) is 0 Å². The predicted octanol–water partition coefficient (Wildman–Crippen LogP) is 2.91. The van der Waals surface area contributed by atoms with E-state index in [9.17, 15) is 14.7 Å². The fraction of sp³-hybridized carbons (Fsp3) is 0.300. The summed E-state index contributed by atoms with van der Waals surface area (Å²) in [7, 11) is 0. The van der Waals surface area contributed by atoms with Gasteiger partial charge in [0, 0.05) is 12.2 Å². The molecule has 0 saturated heterocycles. The molecule has 0 aliphatic heterocycles. The van der Waals surface area contributed by atoms with Gasteiger partial charge in [0.05, 0.1) is 6.10 Å². The molecule has 2 amide bonds. The highest BCUT2D eigenvalue weighted by Gasteiger charge is 2.18. The molecule has 0 aliphatic carbocycles. The molecule has 5 heteroatoms. The van der Waals surface area contributed by atoms with E-state index in [0.717, 1.165) is 16.7 Å². The summed E-state index contributed by atoms with van der Waals surface area (Å²) in [6, 6.07) is 14.8. The minimum absolute atomic E-state index is 0.0249. The molecular weight excluding hydrogens is 316 g/mol. The number of hydrogen-bond acceptors (Lipinski definition) is 3. The first-order valence-corrected chi connectivity index (χ1v) is 8.32. The Morgan fingerprint density at radius 3 is 2.20 bits per heavy atom. The monoisotopic (exact) mass is 340 g/mol. The summed E-state index contributed by atoms with van der Waals surface area (Å²) in [6.07, 6.45) is -0.860. The molecule has 0 saturated carbocycles. The van der Waals surface area contributed by atoms with Crippen molar-refractivity contribution in [2.75, 3.05) is 11.9 Å². The van der Waals surface area contributed by atoms with Crippen LogP contribution in [0.3, 0.4) is 0 Å². The molecule has 5 nitrogen and oxygen atoms in total. The molecule has 0 bridgehead atoms. The van der Waals surface area contributed by atoms with Crippen molar-refractivity contribution in [3.63, 3.8) is 0 Å². The summed E-state index contributed by atoms with van der Waals surface area (Å²) in [5.41, 5.74) is 3.24. The molecule has 0 heterocycles. The smallest absolute Gasteiger partial charge is 0.313 e. The largest absolute Gasteiger partial charge is 0.387 e. The van der Waals surface area contributed by atoms with Crippen LogP contribution in [0.4, 0.5) is 5.69 Å². The van der Waals surface area contributed by atoms with Crippen LogP contribution in [0.2, 0.25) is 0 Å². The second-order valence-electron chi connectivity index (χ2n) is 6.28. The van der Waals surface area contributed by atoms with E-state index in [2.05, 4.69) is 10.6 Å². The fourth-order valence-corrected chi connectivity index (χ4v) is 2.63. The van der Waals surface area contributed by atoms with E-state index in [1.807, 2.05) is 51.1 Å². The minimum atomic E-state index is -0.860. The van der Waals surface area contributed by atoms with E-state index in [-0.39, 0.29) is 12.5 Å². The maximum Gasteiger partial charge on any atom is 0.313 e. The van der Waals surface area contributed by atoms with Gasteiger partial charge in [0.25, 0.3) is 0 Å². The van der Waals surface area contributed by atoms with Gasteiger partial charge >= 0.3 is 11.8 Å². The van der Waals surface area contributed by atoms with E-state index in [0.29, 0.717) is 5.69 Å². The van der Waals surface area contributed by atoms with Crippen molar-refractivity contribution >= 4 is 17.5 Å². The Hall–Kier alpha value is -2.66. The van der Waals surface area contributed by atoms with Crippen molar-refractivity contribution in [2.45, 2.75) is 32.8 Å². The Bertz CT molecular complexity index is 756. The van der Waals surface area contributed by atoms with E-state index in [1.165, 1.54) is 0 Å². The molecule has 3 N–H and O–H groups in total. The van der Waals surface area contributed by atoms with Gasteiger partial charge in [0.1, 0.15) is 0 Å². The Balaban J connectivity index is 1.95. The molecule has 0 aromatic heterocycles. The zero-order chi connectivity index (χ0) is 18.4. The van der Waals surface area contributed by atoms with Gasteiger partial charge in [-0.3, -0.25) is 9.59 Å². The van der Waals surface area contributed by atoms with Crippen LogP contribution in [0.5, 0.6) is 0 Å². The maximum atomic E-state index is 12.1. The lowest BCUT2D eigenvalue weighted by atomic mass is 10.0. The number of aryl methyl sites for hydroxylation is 1. The van der Waals surface area contributed by atoms with Crippen molar-refractivity contribution in [1.82, 2.24) is 5.32 Å². The first-order valence-electron chi connectivity index (χ1n) is 8.32. The number of amides is 2. The zero-order valence-electron chi connectivity index (χ0n) is 14.7. The summed E-state index contributed by atoms with van der Waals surface area (Å²) in [5.74, 6) is -1.29. The van der Waals surface area contributed by atoms with Gasteiger partial charge in [-0.2, -0.15) is 0 Å². The van der Waals surface area contributed by atoms with Gasteiger partial charge in [-0.05, 0) is 35.6 Å². The number of para-hydroxylation sites is 1. The standard InChI is InChI=1S/C20H24N2O3/c1-13(2)15-9-6-7-11-17(15)22-20(25)19(24)21-12-18(23)16-10-5-4-8-14(16)3/h4-11,13,18,23H,12H2,1-3H3,(H,21,24)(H,22,25)/t18-/m1/s1. The second-order valence-corrected chi connectivity index (χ2v) is 6.28. The zero-order valence-corrected chi connectivity index (χ0v) is 14.7. The van der Waals surface area contributed by atoms with Crippen LogP contribution in [-0.2, 0) is 9.59 Å². The Morgan fingerprint density at radius 1 is 0.960 bits per heavy atom. The summed E-state index contributed by atoms with van der Waals surface area (Å²) >= 11 is 0. The molecule has 2 rings (SSSR count). The van der Waals surface area contributed by atoms with Crippen LogP contribution >= 0.6 is 0 Å². The van der Waals surface area contributed by atoms with Crippen LogP contribution < -0.4 is 10.6 Å². The first-order chi connectivity index (χ1) is 11.9. The fourth-order valence-electron chi connectivity index (χ4n) is 2.63. The van der Waals surface area contributed by atoms with Crippen molar-refractivity contribution in [1.29, 1.82) is 0 Å². The number of hydrogen-bond donors (Lipinski definition) is 3. The van der Waals surface area contributed by atoms with Gasteiger partial charge < -0.3 is 15.7 Å².